The number of carbonyl (C=O) groups is 2. The zero-order chi connectivity index (χ0) is 23.8. The molecule has 0 radical (unpaired) electrons. The van der Waals surface area contributed by atoms with Gasteiger partial charge < -0.3 is 14.8 Å². The van der Waals surface area contributed by atoms with E-state index in [-0.39, 0.29) is 10.7 Å². The predicted molar refractivity (Wildman–Crippen MR) is 130 cm³/mol. The number of halogens is 3. The highest BCUT2D eigenvalue weighted by Crippen LogP contribution is 2.28. The quantitative estimate of drug-likeness (QED) is 0.258. The van der Waals surface area contributed by atoms with Gasteiger partial charge >= 0.3 is 11.8 Å². The molecule has 3 aromatic carbocycles. The number of rotatable bonds is 7. The molecule has 0 atom stereocenters. The van der Waals surface area contributed by atoms with Gasteiger partial charge in [-0.05, 0) is 59.7 Å². The maximum Gasteiger partial charge on any atom is 0.329 e. The van der Waals surface area contributed by atoms with Gasteiger partial charge in [-0.25, -0.2) is 5.43 Å². The van der Waals surface area contributed by atoms with Crippen LogP contribution in [0.4, 0.5) is 5.69 Å². The summed E-state index contributed by atoms with van der Waals surface area (Å²) in [7, 11) is 1.51. The van der Waals surface area contributed by atoms with Crippen LogP contribution in [-0.4, -0.2) is 25.1 Å². The van der Waals surface area contributed by atoms with Crippen molar-refractivity contribution < 1.29 is 19.1 Å². The van der Waals surface area contributed by atoms with Crippen molar-refractivity contribution in [2.24, 2.45) is 5.10 Å². The topological polar surface area (TPSA) is 89.0 Å². The van der Waals surface area contributed by atoms with Gasteiger partial charge in [-0.1, -0.05) is 46.9 Å². The zero-order valence-corrected chi connectivity index (χ0v) is 19.5. The van der Waals surface area contributed by atoms with Crippen molar-refractivity contribution in [1.29, 1.82) is 0 Å². The monoisotopic (exact) mass is 505 g/mol. The second-order valence-corrected chi connectivity index (χ2v) is 7.88. The number of hydrogen-bond donors (Lipinski definition) is 2. The van der Waals surface area contributed by atoms with Crippen LogP contribution in [0.1, 0.15) is 11.1 Å². The minimum Gasteiger partial charge on any atom is -0.493 e. The Kier molecular flexibility index (Phi) is 8.54. The standard InChI is InChI=1S/C23H18Cl3N3O4/c1-32-21-10-15(4-9-20(21)33-13-14-2-5-16(24)6-3-14)12-27-29-23(31)22(30)28-19-11-17(25)7-8-18(19)26/h2-12H,13H2,1H3,(H,28,30)(H,29,31)/b27-12-. The highest BCUT2D eigenvalue weighted by molar-refractivity contribution is 6.42. The molecule has 0 unspecified atom stereocenters. The molecule has 0 aliphatic rings. The number of methoxy groups -OCH3 is 1. The molecule has 0 spiro atoms. The van der Waals surface area contributed by atoms with Gasteiger partial charge in [0.1, 0.15) is 6.61 Å². The summed E-state index contributed by atoms with van der Waals surface area (Å²) in [4.78, 5) is 24.0. The number of benzene rings is 3. The molecule has 7 nitrogen and oxygen atoms in total. The molecule has 33 heavy (non-hydrogen) atoms. The predicted octanol–water partition coefficient (Wildman–Crippen LogP) is 5.32. The molecule has 0 aliphatic heterocycles. The summed E-state index contributed by atoms with van der Waals surface area (Å²) in [5.74, 6) is -0.906. The lowest BCUT2D eigenvalue weighted by atomic mass is 10.2. The Bertz CT molecular complexity index is 1180. The average molecular weight is 507 g/mol. The second kappa shape index (κ2) is 11.6. The minimum atomic E-state index is -0.975. The van der Waals surface area contributed by atoms with Crippen LogP contribution in [0.2, 0.25) is 15.1 Å². The van der Waals surface area contributed by atoms with Gasteiger partial charge in [-0.3, -0.25) is 9.59 Å². The van der Waals surface area contributed by atoms with Crippen molar-refractivity contribution in [3.05, 3.63) is 86.9 Å². The Morgan fingerprint density at radius 2 is 1.64 bits per heavy atom. The fourth-order valence-corrected chi connectivity index (χ4v) is 3.08. The number of carbonyl (C=O) groups excluding carboxylic acids is 2. The smallest absolute Gasteiger partial charge is 0.329 e. The van der Waals surface area contributed by atoms with Gasteiger partial charge in [0.05, 0.1) is 24.0 Å². The summed E-state index contributed by atoms with van der Waals surface area (Å²) in [6, 6.07) is 16.9. The summed E-state index contributed by atoms with van der Waals surface area (Å²) >= 11 is 17.7. The second-order valence-electron chi connectivity index (χ2n) is 6.60. The van der Waals surface area contributed by atoms with E-state index in [9.17, 15) is 9.59 Å². The zero-order valence-electron chi connectivity index (χ0n) is 17.3. The Hall–Kier alpha value is -3.26. The van der Waals surface area contributed by atoms with Gasteiger partial charge in [0.2, 0.25) is 0 Å². The van der Waals surface area contributed by atoms with Crippen molar-refractivity contribution in [3.8, 4) is 11.5 Å². The molecule has 3 aromatic rings. The first-order valence-electron chi connectivity index (χ1n) is 9.50. The van der Waals surface area contributed by atoms with Crippen molar-refractivity contribution >= 4 is 58.5 Å². The third-order valence-electron chi connectivity index (χ3n) is 4.26. The maximum atomic E-state index is 12.0. The Balaban J connectivity index is 1.57. The SMILES string of the molecule is COc1cc(/C=N\NC(=O)C(=O)Nc2cc(Cl)ccc2Cl)ccc1OCc1ccc(Cl)cc1. The maximum absolute atomic E-state index is 12.0. The summed E-state index contributed by atoms with van der Waals surface area (Å²) in [5, 5.41) is 7.43. The first kappa shape index (κ1) is 24.4. The lowest BCUT2D eigenvalue weighted by Gasteiger charge is -2.11. The number of hydrazone groups is 1. The van der Waals surface area contributed by atoms with Crippen LogP contribution >= 0.6 is 34.8 Å². The van der Waals surface area contributed by atoms with Crippen molar-refractivity contribution in [1.82, 2.24) is 5.43 Å². The van der Waals surface area contributed by atoms with Crippen LogP contribution in [0.5, 0.6) is 11.5 Å². The molecule has 10 heteroatoms. The molecule has 0 aliphatic carbocycles. The Labute approximate surface area is 205 Å². The first-order valence-corrected chi connectivity index (χ1v) is 10.6. The van der Waals surface area contributed by atoms with E-state index in [0.717, 1.165) is 5.56 Å². The third kappa shape index (κ3) is 7.12. The molecule has 3 rings (SSSR count). The summed E-state index contributed by atoms with van der Waals surface area (Å²) < 4.78 is 11.2. The molecule has 0 bridgehead atoms. The molecule has 0 fully saturated rings. The van der Waals surface area contributed by atoms with E-state index in [1.807, 2.05) is 12.1 Å². The fourth-order valence-electron chi connectivity index (χ4n) is 2.61. The molecule has 0 heterocycles. The fraction of sp³-hybridized carbons (Fsp3) is 0.0870. The van der Waals surface area contributed by atoms with Crippen LogP contribution in [0.25, 0.3) is 0 Å². The highest BCUT2D eigenvalue weighted by Gasteiger charge is 2.15. The normalized spacial score (nSPS) is 10.7. The van der Waals surface area contributed by atoms with Gasteiger partial charge in [0, 0.05) is 10.0 Å². The molecule has 2 amide bonds. The molecule has 2 N–H and O–H groups in total. The first-order chi connectivity index (χ1) is 15.9. The van der Waals surface area contributed by atoms with Crippen molar-refractivity contribution in [3.63, 3.8) is 0 Å². The van der Waals surface area contributed by atoms with Crippen molar-refractivity contribution in [2.75, 3.05) is 12.4 Å². The van der Waals surface area contributed by atoms with Gasteiger partial charge in [-0.2, -0.15) is 5.10 Å². The van der Waals surface area contributed by atoms with Crippen LogP contribution in [0.3, 0.4) is 0 Å². The number of ether oxygens (including phenoxy) is 2. The molecule has 170 valence electrons. The van der Waals surface area contributed by atoms with E-state index in [4.69, 9.17) is 44.3 Å². The van der Waals surface area contributed by atoms with E-state index in [2.05, 4.69) is 15.8 Å². The van der Waals surface area contributed by atoms with E-state index in [0.29, 0.717) is 33.7 Å². The molecular formula is C23H18Cl3N3O4. The van der Waals surface area contributed by atoms with Gasteiger partial charge in [-0.15, -0.1) is 0 Å². The molecule has 0 saturated heterocycles. The van der Waals surface area contributed by atoms with Gasteiger partial charge in [0.25, 0.3) is 0 Å². The van der Waals surface area contributed by atoms with E-state index in [1.54, 1.807) is 36.4 Å². The van der Waals surface area contributed by atoms with Crippen LogP contribution in [0, 0.1) is 0 Å². The van der Waals surface area contributed by atoms with Gasteiger partial charge in [0.15, 0.2) is 11.5 Å². The number of amides is 2. The number of anilines is 1. The molecule has 0 saturated carbocycles. The highest BCUT2D eigenvalue weighted by atomic mass is 35.5. The average Bonchev–Trinajstić information content (AvgIpc) is 2.81. The number of nitrogens with one attached hydrogen (secondary N) is 2. The van der Waals surface area contributed by atoms with E-state index < -0.39 is 11.8 Å². The van der Waals surface area contributed by atoms with E-state index in [1.165, 1.54) is 25.5 Å². The largest absolute Gasteiger partial charge is 0.493 e. The van der Waals surface area contributed by atoms with Crippen LogP contribution < -0.4 is 20.2 Å². The minimum absolute atomic E-state index is 0.215. The molecular weight excluding hydrogens is 489 g/mol. The van der Waals surface area contributed by atoms with Crippen molar-refractivity contribution in [2.45, 2.75) is 6.61 Å². The number of hydrogen-bond acceptors (Lipinski definition) is 5. The Morgan fingerprint density at radius 1 is 0.909 bits per heavy atom. The van der Waals surface area contributed by atoms with Crippen LogP contribution in [-0.2, 0) is 16.2 Å². The molecule has 0 aromatic heterocycles. The Morgan fingerprint density at radius 3 is 2.36 bits per heavy atom. The summed E-state index contributed by atoms with van der Waals surface area (Å²) in [6.07, 6.45) is 1.36. The lowest BCUT2D eigenvalue weighted by Crippen LogP contribution is -2.32. The summed E-state index contributed by atoms with van der Waals surface area (Å²) in [5.41, 5.74) is 3.93. The summed E-state index contributed by atoms with van der Waals surface area (Å²) in [6.45, 7) is 0.336. The third-order valence-corrected chi connectivity index (χ3v) is 5.07. The number of nitrogens with zero attached hydrogens (tertiary/aromatic N) is 1. The van der Waals surface area contributed by atoms with E-state index >= 15 is 0 Å². The lowest BCUT2D eigenvalue weighted by molar-refractivity contribution is -0.136. The van der Waals surface area contributed by atoms with Crippen LogP contribution in [0.15, 0.2) is 65.8 Å².